The lowest BCUT2D eigenvalue weighted by Gasteiger charge is -2.29. The molecule has 0 radical (unpaired) electrons. The van der Waals surface area contributed by atoms with Gasteiger partial charge in [-0.05, 0) is 18.8 Å². The molecule has 0 aromatic rings. The lowest BCUT2D eigenvalue weighted by Crippen LogP contribution is -2.25. The van der Waals surface area contributed by atoms with Crippen LogP contribution < -0.4 is 0 Å². The van der Waals surface area contributed by atoms with Crippen LogP contribution in [-0.2, 0) is 0 Å². The standard InChI is InChI=1S/C8H14Br2/c1-6(9)7-4-2-3-5-8(7)10/h6-8H,2-5H2,1H3. The van der Waals surface area contributed by atoms with E-state index in [4.69, 9.17) is 0 Å². The lowest BCUT2D eigenvalue weighted by atomic mass is 9.87. The Bertz CT molecular complexity index is 101. The first kappa shape index (κ1) is 9.05. The molecule has 0 aromatic heterocycles. The molecule has 3 unspecified atom stereocenters. The first-order valence-electron chi connectivity index (χ1n) is 4.00. The van der Waals surface area contributed by atoms with Gasteiger partial charge in [0.15, 0.2) is 0 Å². The summed E-state index contributed by atoms with van der Waals surface area (Å²) in [6.45, 7) is 2.25. The number of halogens is 2. The highest BCUT2D eigenvalue weighted by molar-refractivity contribution is 9.10. The van der Waals surface area contributed by atoms with Gasteiger partial charge < -0.3 is 0 Å². The third-order valence-corrected chi connectivity index (χ3v) is 4.14. The van der Waals surface area contributed by atoms with Crippen molar-refractivity contribution in [3.05, 3.63) is 0 Å². The Kier molecular flexibility index (Phi) is 3.71. The van der Waals surface area contributed by atoms with Crippen LogP contribution in [-0.4, -0.2) is 9.65 Å². The van der Waals surface area contributed by atoms with E-state index in [1.807, 2.05) is 0 Å². The number of rotatable bonds is 1. The van der Waals surface area contributed by atoms with Crippen LogP contribution in [0.25, 0.3) is 0 Å². The molecule has 0 aliphatic heterocycles. The van der Waals surface area contributed by atoms with Gasteiger partial charge in [-0.25, -0.2) is 0 Å². The Morgan fingerprint density at radius 2 is 1.90 bits per heavy atom. The second-order valence-electron chi connectivity index (χ2n) is 3.14. The summed E-state index contributed by atoms with van der Waals surface area (Å²) in [6.07, 6.45) is 5.58. The van der Waals surface area contributed by atoms with Crippen LogP contribution in [0.5, 0.6) is 0 Å². The van der Waals surface area contributed by atoms with Crippen LogP contribution in [0.15, 0.2) is 0 Å². The van der Waals surface area contributed by atoms with Gasteiger partial charge in [-0.3, -0.25) is 0 Å². The van der Waals surface area contributed by atoms with Crippen molar-refractivity contribution in [3.63, 3.8) is 0 Å². The molecule has 0 spiro atoms. The molecular formula is C8H14Br2. The van der Waals surface area contributed by atoms with Gasteiger partial charge >= 0.3 is 0 Å². The van der Waals surface area contributed by atoms with E-state index in [-0.39, 0.29) is 0 Å². The Morgan fingerprint density at radius 3 is 2.30 bits per heavy atom. The Balaban J connectivity index is 2.40. The summed E-state index contributed by atoms with van der Waals surface area (Å²) in [6, 6.07) is 0. The van der Waals surface area contributed by atoms with E-state index in [1.54, 1.807) is 0 Å². The Hall–Kier alpha value is 0.960. The molecular weight excluding hydrogens is 256 g/mol. The zero-order chi connectivity index (χ0) is 7.56. The highest BCUT2D eigenvalue weighted by Crippen LogP contribution is 2.34. The molecule has 1 fully saturated rings. The number of hydrogen-bond acceptors (Lipinski definition) is 0. The number of alkyl halides is 2. The van der Waals surface area contributed by atoms with E-state index < -0.39 is 0 Å². The van der Waals surface area contributed by atoms with Gasteiger partial charge in [0.05, 0.1) is 0 Å². The van der Waals surface area contributed by atoms with Crippen molar-refractivity contribution in [2.24, 2.45) is 5.92 Å². The average Bonchev–Trinajstić information content (AvgIpc) is 1.88. The quantitative estimate of drug-likeness (QED) is 0.637. The molecule has 3 atom stereocenters. The Labute approximate surface area is 80.0 Å². The maximum atomic E-state index is 3.73. The normalized spacial score (nSPS) is 37.5. The van der Waals surface area contributed by atoms with Gasteiger partial charge in [-0.1, -0.05) is 51.6 Å². The monoisotopic (exact) mass is 268 g/mol. The minimum absolute atomic E-state index is 0.678. The maximum Gasteiger partial charge on any atom is 0.0184 e. The summed E-state index contributed by atoms with van der Waals surface area (Å²) in [7, 11) is 0. The largest absolute Gasteiger partial charge is 0.0890 e. The molecule has 0 amide bonds. The smallest absolute Gasteiger partial charge is 0.0184 e. The molecule has 1 saturated carbocycles. The van der Waals surface area contributed by atoms with Crippen molar-refractivity contribution in [1.82, 2.24) is 0 Å². The second-order valence-corrected chi connectivity index (χ2v) is 5.76. The highest BCUT2D eigenvalue weighted by Gasteiger charge is 2.25. The summed E-state index contributed by atoms with van der Waals surface area (Å²) in [5.41, 5.74) is 0. The van der Waals surface area contributed by atoms with Gasteiger partial charge in [-0.15, -0.1) is 0 Å². The highest BCUT2D eigenvalue weighted by atomic mass is 79.9. The fourth-order valence-electron chi connectivity index (χ4n) is 1.63. The van der Waals surface area contributed by atoms with E-state index in [1.165, 1.54) is 25.7 Å². The van der Waals surface area contributed by atoms with Gasteiger partial charge in [0.2, 0.25) is 0 Å². The van der Waals surface area contributed by atoms with Crippen molar-refractivity contribution in [1.29, 1.82) is 0 Å². The van der Waals surface area contributed by atoms with Crippen LogP contribution in [0.3, 0.4) is 0 Å². The third kappa shape index (κ3) is 2.23. The van der Waals surface area contributed by atoms with E-state index >= 15 is 0 Å². The molecule has 1 aliphatic carbocycles. The van der Waals surface area contributed by atoms with Gasteiger partial charge in [0.25, 0.3) is 0 Å². The van der Waals surface area contributed by atoms with Crippen LogP contribution >= 0.6 is 31.9 Å². The van der Waals surface area contributed by atoms with Crippen LogP contribution in [0.4, 0.5) is 0 Å². The van der Waals surface area contributed by atoms with Gasteiger partial charge in [0.1, 0.15) is 0 Å². The van der Waals surface area contributed by atoms with Crippen molar-refractivity contribution >= 4 is 31.9 Å². The summed E-state index contributed by atoms with van der Waals surface area (Å²) in [4.78, 5) is 1.44. The molecule has 0 heterocycles. The van der Waals surface area contributed by atoms with Crippen molar-refractivity contribution in [2.75, 3.05) is 0 Å². The van der Waals surface area contributed by atoms with Crippen LogP contribution in [0.2, 0.25) is 0 Å². The Morgan fingerprint density at radius 1 is 1.30 bits per heavy atom. The lowest BCUT2D eigenvalue weighted by molar-refractivity contribution is 0.376. The topological polar surface area (TPSA) is 0 Å². The molecule has 1 aliphatic rings. The van der Waals surface area contributed by atoms with E-state index in [0.717, 1.165) is 10.7 Å². The fourth-order valence-corrected chi connectivity index (χ4v) is 3.72. The molecule has 0 nitrogen and oxygen atoms in total. The van der Waals surface area contributed by atoms with E-state index in [9.17, 15) is 0 Å². The summed E-state index contributed by atoms with van der Waals surface area (Å²) < 4.78 is 0. The first-order chi connectivity index (χ1) is 4.72. The summed E-state index contributed by atoms with van der Waals surface area (Å²) >= 11 is 7.37. The van der Waals surface area contributed by atoms with Crippen molar-refractivity contribution in [2.45, 2.75) is 42.3 Å². The zero-order valence-corrected chi connectivity index (χ0v) is 9.49. The maximum absolute atomic E-state index is 3.73. The molecule has 60 valence electrons. The molecule has 0 bridgehead atoms. The molecule has 1 rings (SSSR count). The van der Waals surface area contributed by atoms with Crippen LogP contribution in [0.1, 0.15) is 32.6 Å². The van der Waals surface area contributed by atoms with E-state index in [0.29, 0.717) is 4.83 Å². The zero-order valence-electron chi connectivity index (χ0n) is 6.32. The van der Waals surface area contributed by atoms with Crippen molar-refractivity contribution < 1.29 is 0 Å². The molecule has 2 heteroatoms. The predicted molar refractivity (Wildman–Crippen MR) is 53.1 cm³/mol. The van der Waals surface area contributed by atoms with Gasteiger partial charge in [0, 0.05) is 9.65 Å². The fraction of sp³-hybridized carbons (Fsp3) is 1.00. The molecule has 0 N–H and O–H groups in total. The predicted octanol–water partition coefficient (Wildman–Crippen LogP) is 3.72. The molecule has 10 heavy (non-hydrogen) atoms. The molecule has 0 saturated heterocycles. The minimum atomic E-state index is 0.678. The van der Waals surface area contributed by atoms with Gasteiger partial charge in [-0.2, -0.15) is 0 Å². The minimum Gasteiger partial charge on any atom is -0.0890 e. The summed E-state index contributed by atoms with van der Waals surface area (Å²) in [5.74, 6) is 0.855. The van der Waals surface area contributed by atoms with E-state index in [2.05, 4.69) is 38.8 Å². The van der Waals surface area contributed by atoms with Crippen molar-refractivity contribution in [3.8, 4) is 0 Å². The average molecular weight is 270 g/mol. The number of hydrogen-bond donors (Lipinski definition) is 0. The summed E-state index contributed by atoms with van der Waals surface area (Å²) in [5, 5.41) is 0. The molecule has 0 aromatic carbocycles. The van der Waals surface area contributed by atoms with Crippen LogP contribution in [0, 0.1) is 5.92 Å². The first-order valence-corrected chi connectivity index (χ1v) is 5.83. The SMILES string of the molecule is CC(Br)C1CCCCC1Br. The second kappa shape index (κ2) is 4.10. The third-order valence-electron chi connectivity index (χ3n) is 2.32.